The topological polar surface area (TPSA) is 131 Å². The van der Waals surface area contributed by atoms with E-state index in [0.29, 0.717) is 6.42 Å². The fraction of sp³-hybridized carbons (Fsp3) is 0.938. The third kappa shape index (κ3) is 30.5. The average molecular weight is 622 g/mol. The number of rotatable bonds is 32. The Labute approximate surface area is 256 Å². The molecular formula is C32H64NO8P. The predicted molar refractivity (Wildman–Crippen MR) is 169 cm³/mol. The molecule has 0 fully saturated rings. The average Bonchev–Trinajstić information content (AvgIpc) is 2.97. The Bertz CT molecular complexity index is 679. The first kappa shape index (κ1) is 41.0. The summed E-state index contributed by atoms with van der Waals surface area (Å²) in [5.41, 5.74) is 0. The molecule has 0 rings (SSSR count). The SMILES string of the molecule is CCCCCCCCCCCCCCCCCCC(=O)NCCOP(=O)(O)OCC(O)COC(=O)CCCCCCC. The largest absolute Gasteiger partial charge is 0.472 e. The van der Waals surface area contributed by atoms with Gasteiger partial charge in [-0.25, -0.2) is 4.57 Å². The Hall–Kier alpha value is -0.990. The van der Waals surface area contributed by atoms with E-state index in [9.17, 15) is 24.2 Å². The van der Waals surface area contributed by atoms with E-state index >= 15 is 0 Å². The fourth-order valence-corrected chi connectivity index (χ4v) is 5.43. The number of ether oxygens (including phenoxy) is 1. The zero-order valence-electron chi connectivity index (χ0n) is 27.0. The number of unbranched alkanes of at least 4 members (excludes halogenated alkanes) is 19. The molecule has 0 spiro atoms. The van der Waals surface area contributed by atoms with Crippen LogP contribution in [0, 0.1) is 0 Å². The molecule has 1 amide bonds. The molecule has 42 heavy (non-hydrogen) atoms. The van der Waals surface area contributed by atoms with Gasteiger partial charge in [-0.05, 0) is 12.8 Å². The summed E-state index contributed by atoms with van der Waals surface area (Å²) in [6.45, 7) is 3.45. The maximum atomic E-state index is 12.0. The van der Waals surface area contributed by atoms with E-state index in [4.69, 9.17) is 13.8 Å². The first-order valence-electron chi connectivity index (χ1n) is 17.0. The molecule has 0 heterocycles. The molecule has 0 aliphatic rings. The minimum atomic E-state index is -4.39. The maximum Gasteiger partial charge on any atom is 0.472 e. The van der Waals surface area contributed by atoms with Crippen LogP contribution < -0.4 is 5.32 Å². The van der Waals surface area contributed by atoms with Crippen molar-refractivity contribution in [3.8, 4) is 0 Å². The summed E-state index contributed by atoms with van der Waals surface area (Å²) in [4.78, 5) is 33.4. The number of phosphoric ester groups is 1. The van der Waals surface area contributed by atoms with Crippen molar-refractivity contribution >= 4 is 19.7 Å². The number of carbonyl (C=O) groups excluding carboxylic acids is 2. The molecule has 0 saturated carbocycles. The first-order chi connectivity index (χ1) is 20.3. The highest BCUT2D eigenvalue weighted by molar-refractivity contribution is 7.47. The van der Waals surface area contributed by atoms with Crippen molar-refractivity contribution in [1.29, 1.82) is 0 Å². The Morgan fingerprint density at radius 2 is 1.07 bits per heavy atom. The fourth-order valence-electron chi connectivity index (χ4n) is 4.67. The van der Waals surface area contributed by atoms with Gasteiger partial charge in [-0.3, -0.25) is 18.6 Å². The van der Waals surface area contributed by atoms with E-state index < -0.39 is 26.5 Å². The predicted octanol–water partition coefficient (Wildman–Crippen LogP) is 8.15. The molecule has 0 radical (unpaired) electrons. The number of nitrogens with one attached hydrogen (secondary N) is 1. The molecule has 0 aliphatic heterocycles. The smallest absolute Gasteiger partial charge is 0.463 e. The van der Waals surface area contributed by atoms with Gasteiger partial charge in [0.1, 0.15) is 12.7 Å². The van der Waals surface area contributed by atoms with Crippen LogP contribution in [0.15, 0.2) is 0 Å². The number of amides is 1. The van der Waals surface area contributed by atoms with Crippen molar-refractivity contribution in [3.05, 3.63) is 0 Å². The normalized spacial score (nSPS) is 13.5. The van der Waals surface area contributed by atoms with E-state index in [2.05, 4.69) is 19.2 Å². The van der Waals surface area contributed by atoms with E-state index in [1.54, 1.807) is 0 Å². The molecule has 250 valence electrons. The minimum Gasteiger partial charge on any atom is -0.463 e. The van der Waals surface area contributed by atoms with Gasteiger partial charge in [0.2, 0.25) is 5.91 Å². The lowest BCUT2D eigenvalue weighted by molar-refractivity contribution is -0.147. The van der Waals surface area contributed by atoms with Gasteiger partial charge in [0, 0.05) is 19.4 Å². The van der Waals surface area contributed by atoms with Gasteiger partial charge < -0.3 is 20.1 Å². The number of esters is 1. The highest BCUT2D eigenvalue weighted by Crippen LogP contribution is 2.42. The van der Waals surface area contributed by atoms with Gasteiger partial charge in [-0.1, -0.05) is 136 Å². The lowest BCUT2D eigenvalue weighted by atomic mass is 10.0. The molecule has 10 heteroatoms. The van der Waals surface area contributed by atoms with Crippen LogP contribution in [-0.2, 0) is 27.9 Å². The summed E-state index contributed by atoms with van der Waals surface area (Å²) >= 11 is 0. The van der Waals surface area contributed by atoms with Crippen LogP contribution in [0.2, 0.25) is 0 Å². The van der Waals surface area contributed by atoms with Gasteiger partial charge in [0.05, 0.1) is 13.2 Å². The van der Waals surface area contributed by atoms with E-state index in [-0.39, 0.29) is 32.1 Å². The van der Waals surface area contributed by atoms with Crippen LogP contribution in [0.1, 0.15) is 162 Å². The standard InChI is InChI=1S/C32H64NO8P/c1-3-5-7-9-10-11-12-13-14-15-16-17-18-19-21-22-24-31(35)33-26-27-40-42(37,38)41-29-30(34)28-39-32(36)25-23-20-8-6-4-2/h30,34H,3-29H2,1-2H3,(H,33,35)(H,37,38). The first-order valence-corrected chi connectivity index (χ1v) is 18.5. The number of hydrogen-bond acceptors (Lipinski definition) is 7. The van der Waals surface area contributed by atoms with Gasteiger partial charge in [-0.15, -0.1) is 0 Å². The van der Waals surface area contributed by atoms with E-state index in [1.165, 1.54) is 83.5 Å². The Morgan fingerprint density at radius 1 is 0.643 bits per heavy atom. The van der Waals surface area contributed by atoms with Crippen molar-refractivity contribution < 1.29 is 37.9 Å². The minimum absolute atomic E-state index is 0.0873. The summed E-state index contributed by atoms with van der Waals surface area (Å²) in [6, 6.07) is 0. The molecule has 0 aromatic carbocycles. The Morgan fingerprint density at radius 3 is 1.55 bits per heavy atom. The van der Waals surface area contributed by atoms with Crippen LogP contribution in [-0.4, -0.2) is 54.3 Å². The number of carbonyl (C=O) groups is 2. The molecule has 2 atom stereocenters. The van der Waals surface area contributed by atoms with Gasteiger partial charge in [-0.2, -0.15) is 0 Å². The van der Waals surface area contributed by atoms with Crippen molar-refractivity contribution in [2.75, 3.05) is 26.4 Å². The summed E-state index contributed by atoms with van der Waals surface area (Å²) < 4.78 is 26.5. The highest BCUT2D eigenvalue weighted by atomic mass is 31.2. The maximum absolute atomic E-state index is 12.0. The second-order valence-electron chi connectivity index (χ2n) is 11.5. The Balaban J connectivity index is 3.56. The van der Waals surface area contributed by atoms with Gasteiger partial charge in [0.25, 0.3) is 0 Å². The van der Waals surface area contributed by atoms with Crippen molar-refractivity contribution in [2.45, 2.75) is 168 Å². The second-order valence-corrected chi connectivity index (χ2v) is 13.0. The monoisotopic (exact) mass is 621 g/mol. The van der Waals surface area contributed by atoms with Crippen LogP contribution in [0.5, 0.6) is 0 Å². The van der Waals surface area contributed by atoms with E-state index in [1.807, 2.05) is 0 Å². The number of phosphoric acid groups is 1. The third-order valence-electron chi connectivity index (χ3n) is 7.29. The molecular weight excluding hydrogens is 557 g/mol. The summed E-state index contributed by atoms with van der Waals surface area (Å²) in [5.74, 6) is -0.524. The van der Waals surface area contributed by atoms with Crippen LogP contribution in [0.25, 0.3) is 0 Å². The Kier molecular flexibility index (Phi) is 29.3. The summed E-state index contributed by atoms with van der Waals surface area (Å²) in [5, 5.41) is 12.5. The lowest BCUT2D eigenvalue weighted by Gasteiger charge is -2.15. The number of aliphatic hydroxyl groups is 1. The zero-order chi connectivity index (χ0) is 31.2. The van der Waals surface area contributed by atoms with Crippen molar-refractivity contribution in [2.24, 2.45) is 0 Å². The highest BCUT2D eigenvalue weighted by Gasteiger charge is 2.23. The van der Waals surface area contributed by atoms with Gasteiger partial charge in [0.15, 0.2) is 0 Å². The molecule has 0 saturated heterocycles. The zero-order valence-corrected chi connectivity index (χ0v) is 27.9. The van der Waals surface area contributed by atoms with E-state index in [0.717, 1.165) is 51.4 Å². The van der Waals surface area contributed by atoms with Gasteiger partial charge >= 0.3 is 13.8 Å². The lowest BCUT2D eigenvalue weighted by Crippen LogP contribution is -2.27. The van der Waals surface area contributed by atoms with Crippen molar-refractivity contribution in [3.63, 3.8) is 0 Å². The quantitative estimate of drug-likeness (QED) is 0.0390. The van der Waals surface area contributed by atoms with Crippen molar-refractivity contribution in [1.82, 2.24) is 5.32 Å². The third-order valence-corrected chi connectivity index (χ3v) is 8.27. The number of hydrogen-bond donors (Lipinski definition) is 3. The number of aliphatic hydroxyl groups excluding tert-OH is 1. The molecule has 2 unspecified atom stereocenters. The summed E-state index contributed by atoms with van der Waals surface area (Å²) in [7, 11) is -4.39. The molecule has 9 nitrogen and oxygen atoms in total. The molecule has 0 aromatic heterocycles. The second kappa shape index (κ2) is 30.1. The van der Waals surface area contributed by atoms with Crippen LogP contribution in [0.3, 0.4) is 0 Å². The van der Waals surface area contributed by atoms with Crippen LogP contribution >= 0.6 is 7.82 Å². The van der Waals surface area contributed by atoms with Crippen LogP contribution in [0.4, 0.5) is 0 Å². The molecule has 3 N–H and O–H groups in total. The molecule has 0 bridgehead atoms. The molecule has 0 aliphatic carbocycles. The summed E-state index contributed by atoms with van der Waals surface area (Å²) in [6.07, 6.45) is 25.0. The molecule has 0 aromatic rings.